The first-order chi connectivity index (χ1) is 17.8. The highest BCUT2D eigenvalue weighted by Gasteiger charge is 2.47. The first kappa shape index (κ1) is 24.1. The summed E-state index contributed by atoms with van der Waals surface area (Å²) < 4.78 is 5.32. The van der Waals surface area contributed by atoms with E-state index in [1.165, 1.54) is 11.0 Å². The number of aliphatic hydroxyl groups is 1. The Labute approximate surface area is 214 Å². The lowest BCUT2D eigenvalue weighted by atomic mass is 9.94. The van der Waals surface area contributed by atoms with Gasteiger partial charge in [-0.15, -0.1) is 0 Å². The molecule has 2 N–H and O–H groups in total. The number of hydrogen-bond donors (Lipinski definition) is 2. The molecule has 37 heavy (non-hydrogen) atoms. The predicted molar refractivity (Wildman–Crippen MR) is 141 cm³/mol. The monoisotopic (exact) mass is 494 g/mol. The quantitative estimate of drug-likeness (QED) is 0.161. The molecule has 1 unspecified atom stereocenters. The molecule has 7 heteroatoms. The van der Waals surface area contributed by atoms with E-state index < -0.39 is 23.7 Å². The van der Waals surface area contributed by atoms with Gasteiger partial charge in [0.15, 0.2) is 0 Å². The fourth-order valence-electron chi connectivity index (χ4n) is 4.73. The maximum atomic E-state index is 13.5. The highest BCUT2D eigenvalue weighted by Crippen LogP contribution is 2.43. The van der Waals surface area contributed by atoms with E-state index in [-0.39, 0.29) is 23.0 Å². The van der Waals surface area contributed by atoms with Crippen LogP contribution in [-0.2, 0) is 14.3 Å². The highest BCUT2D eigenvalue weighted by molar-refractivity contribution is 6.51. The highest BCUT2D eigenvalue weighted by atomic mass is 16.5. The van der Waals surface area contributed by atoms with Gasteiger partial charge in [0.1, 0.15) is 5.76 Å². The maximum Gasteiger partial charge on any atom is 0.338 e. The number of benzene rings is 3. The number of para-hydroxylation sites is 1. The Morgan fingerprint density at radius 1 is 1.00 bits per heavy atom. The number of aliphatic hydroxyl groups excluding tert-OH is 1. The molecule has 186 valence electrons. The van der Waals surface area contributed by atoms with Crippen molar-refractivity contribution in [1.29, 1.82) is 0 Å². The van der Waals surface area contributed by atoms with Gasteiger partial charge in [0, 0.05) is 28.4 Å². The van der Waals surface area contributed by atoms with Crippen molar-refractivity contribution in [2.45, 2.75) is 32.9 Å². The number of aromatic nitrogens is 1. The van der Waals surface area contributed by atoms with E-state index in [0.717, 1.165) is 16.5 Å². The number of hydrogen-bond acceptors (Lipinski definition) is 5. The first-order valence-corrected chi connectivity index (χ1v) is 12.0. The normalized spacial score (nSPS) is 17.1. The Balaban J connectivity index is 1.70. The summed E-state index contributed by atoms with van der Waals surface area (Å²) in [7, 11) is 0. The Morgan fingerprint density at radius 3 is 2.51 bits per heavy atom. The summed E-state index contributed by atoms with van der Waals surface area (Å²) in [5.74, 6) is -2.38. The van der Waals surface area contributed by atoms with Crippen molar-refractivity contribution in [1.82, 2.24) is 4.98 Å². The maximum absolute atomic E-state index is 13.5. The molecule has 1 saturated heterocycles. The number of anilines is 1. The van der Waals surface area contributed by atoms with Gasteiger partial charge in [-0.2, -0.15) is 0 Å². The van der Waals surface area contributed by atoms with Crippen LogP contribution in [-0.4, -0.2) is 33.9 Å². The topological polar surface area (TPSA) is 99.7 Å². The largest absolute Gasteiger partial charge is 0.507 e. The van der Waals surface area contributed by atoms with Gasteiger partial charge in [0.25, 0.3) is 11.7 Å². The minimum Gasteiger partial charge on any atom is -0.507 e. The van der Waals surface area contributed by atoms with Crippen molar-refractivity contribution in [3.8, 4) is 0 Å². The number of carbonyl (C=O) groups is 3. The number of H-pyrrole nitrogens is 1. The third kappa shape index (κ3) is 4.29. The zero-order chi connectivity index (χ0) is 26.3. The molecule has 0 bridgehead atoms. The summed E-state index contributed by atoms with van der Waals surface area (Å²) in [6.45, 7) is 5.42. The lowest BCUT2D eigenvalue weighted by Crippen LogP contribution is -2.29. The zero-order valence-corrected chi connectivity index (χ0v) is 20.7. The number of nitrogens with one attached hydrogen (secondary N) is 1. The molecule has 1 amide bonds. The van der Waals surface area contributed by atoms with Crippen LogP contribution in [0.3, 0.4) is 0 Å². The molecule has 2 heterocycles. The average Bonchev–Trinajstić information content (AvgIpc) is 3.42. The summed E-state index contributed by atoms with van der Waals surface area (Å²) in [6, 6.07) is 20.4. The van der Waals surface area contributed by atoms with Crippen LogP contribution in [0.2, 0.25) is 0 Å². The molecule has 5 rings (SSSR count). The van der Waals surface area contributed by atoms with Crippen molar-refractivity contribution in [2.24, 2.45) is 0 Å². The number of ketones is 1. The van der Waals surface area contributed by atoms with Crippen molar-refractivity contribution < 1.29 is 24.2 Å². The molecule has 0 saturated carbocycles. The van der Waals surface area contributed by atoms with Gasteiger partial charge in [0.05, 0.1) is 23.3 Å². The molecule has 1 aliphatic rings. The predicted octanol–water partition coefficient (Wildman–Crippen LogP) is 5.67. The minimum absolute atomic E-state index is 0.0180. The number of rotatable bonds is 5. The molecule has 4 aromatic rings. The van der Waals surface area contributed by atoms with Crippen LogP contribution in [0.5, 0.6) is 0 Å². The summed E-state index contributed by atoms with van der Waals surface area (Å²) >= 11 is 0. The Morgan fingerprint density at radius 2 is 1.76 bits per heavy atom. The molecule has 3 aromatic carbocycles. The van der Waals surface area contributed by atoms with E-state index in [4.69, 9.17) is 4.74 Å². The molecule has 1 aliphatic heterocycles. The minimum atomic E-state index is -0.898. The van der Waals surface area contributed by atoms with Crippen LogP contribution in [0.4, 0.5) is 5.69 Å². The van der Waals surface area contributed by atoms with Crippen molar-refractivity contribution in [3.05, 3.63) is 107 Å². The van der Waals surface area contributed by atoms with E-state index in [1.54, 1.807) is 38.2 Å². The van der Waals surface area contributed by atoms with E-state index >= 15 is 0 Å². The fourth-order valence-corrected chi connectivity index (χ4v) is 4.73. The molecular formula is C30H26N2O5. The van der Waals surface area contributed by atoms with E-state index in [0.29, 0.717) is 16.8 Å². The zero-order valence-electron chi connectivity index (χ0n) is 20.7. The lowest BCUT2D eigenvalue weighted by molar-refractivity contribution is -0.132. The molecule has 1 atom stereocenters. The second-order valence-electron chi connectivity index (χ2n) is 9.34. The number of aryl methyl sites for hydroxylation is 1. The van der Waals surface area contributed by atoms with Crippen LogP contribution >= 0.6 is 0 Å². The van der Waals surface area contributed by atoms with E-state index in [2.05, 4.69) is 4.98 Å². The van der Waals surface area contributed by atoms with Crippen LogP contribution < -0.4 is 4.90 Å². The molecule has 0 spiro atoms. The number of nitrogens with zero attached hydrogens (tertiary/aromatic N) is 1. The second kappa shape index (κ2) is 9.43. The van der Waals surface area contributed by atoms with Gasteiger partial charge in [-0.1, -0.05) is 54.1 Å². The lowest BCUT2D eigenvalue weighted by Gasteiger charge is -2.26. The van der Waals surface area contributed by atoms with Crippen LogP contribution in [0.1, 0.15) is 46.9 Å². The molecule has 7 nitrogen and oxygen atoms in total. The number of carbonyl (C=O) groups excluding carboxylic acids is 3. The smallest absolute Gasteiger partial charge is 0.338 e. The van der Waals surface area contributed by atoms with E-state index in [9.17, 15) is 19.5 Å². The van der Waals surface area contributed by atoms with Gasteiger partial charge in [0.2, 0.25) is 0 Å². The van der Waals surface area contributed by atoms with Crippen molar-refractivity contribution in [3.63, 3.8) is 0 Å². The standard InChI is InChI=1S/C30H26N2O5/c1-17(2)37-30(36)20-10-7-11-21(15-20)32-26(19-9-6-8-18(3)14-19)25(28(34)29(32)35)27(33)23-16-31-24-13-5-4-12-22(23)24/h4-17,26,31,33H,1-3H3/b27-25-. The average molecular weight is 495 g/mol. The van der Waals surface area contributed by atoms with Gasteiger partial charge in [-0.3, -0.25) is 14.5 Å². The summed E-state index contributed by atoms with van der Waals surface area (Å²) in [5, 5.41) is 12.2. The number of amides is 1. The Bertz CT molecular complexity index is 1580. The SMILES string of the molecule is Cc1cccc(C2/C(=C(/O)c3c[nH]c4ccccc34)C(=O)C(=O)N2c2cccc(C(=O)OC(C)C)c2)c1. The van der Waals surface area contributed by atoms with Crippen LogP contribution in [0, 0.1) is 6.92 Å². The number of aromatic amines is 1. The Hall–Kier alpha value is -4.65. The Kier molecular flexibility index (Phi) is 6.13. The molecule has 0 radical (unpaired) electrons. The molecule has 0 aliphatic carbocycles. The molecular weight excluding hydrogens is 468 g/mol. The van der Waals surface area contributed by atoms with Gasteiger partial charge >= 0.3 is 5.97 Å². The second-order valence-corrected chi connectivity index (χ2v) is 9.34. The van der Waals surface area contributed by atoms with Crippen LogP contribution in [0.25, 0.3) is 16.7 Å². The molecule has 1 aromatic heterocycles. The van der Waals surface area contributed by atoms with Crippen LogP contribution in [0.15, 0.2) is 84.6 Å². The number of esters is 1. The third-order valence-electron chi connectivity index (χ3n) is 6.35. The van der Waals surface area contributed by atoms with Gasteiger partial charge in [-0.05, 0) is 50.6 Å². The van der Waals surface area contributed by atoms with E-state index in [1.807, 2.05) is 55.5 Å². The van der Waals surface area contributed by atoms with Gasteiger partial charge in [-0.25, -0.2) is 4.79 Å². The first-order valence-electron chi connectivity index (χ1n) is 12.0. The van der Waals surface area contributed by atoms with Crippen molar-refractivity contribution in [2.75, 3.05) is 4.90 Å². The summed E-state index contributed by atoms with van der Waals surface area (Å²) in [4.78, 5) is 44.0. The number of Topliss-reactive ketones (excluding diaryl/α,β-unsaturated/α-hetero) is 1. The summed E-state index contributed by atoms with van der Waals surface area (Å²) in [6.07, 6.45) is 1.32. The molecule has 1 fully saturated rings. The number of ether oxygens (including phenoxy) is 1. The fraction of sp³-hybridized carbons (Fsp3) is 0.167. The summed E-state index contributed by atoms with van der Waals surface area (Å²) in [5.41, 5.74) is 3.41. The van der Waals surface area contributed by atoms with Gasteiger partial charge < -0.3 is 14.8 Å². The van der Waals surface area contributed by atoms with Crippen molar-refractivity contribution >= 4 is 40.0 Å². The third-order valence-corrected chi connectivity index (χ3v) is 6.35. The number of fused-ring (bicyclic) bond motifs is 1.